The fourth-order valence-corrected chi connectivity index (χ4v) is 4.37. The van der Waals surface area contributed by atoms with Crippen LogP contribution in [0.25, 0.3) is 10.8 Å². The van der Waals surface area contributed by atoms with Crippen molar-refractivity contribution in [3.63, 3.8) is 0 Å². The maximum atomic E-state index is 12.5. The van der Waals surface area contributed by atoms with Gasteiger partial charge in [-0.3, -0.25) is 9.78 Å². The minimum atomic E-state index is -3.36. The normalized spacial score (nSPS) is 11.7. The number of nitrogens with one attached hydrogen (secondary N) is 2. The number of hydrogen-bond donors (Lipinski definition) is 2. The quantitative estimate of drug-likeness (QED) is 0.641. The van der Waals surface area contributed by atoms with Crippen LogP contribution in [0.1, 0.15) is 35.5 Å². The molecule has 0 unspecified atom stereocenters. The average molecular weight is 398 g/mol. The van der Waals surface area contributed by atoms with Crippen LogP contribution in [0.15, 0.2) is 60.8 Å². The molecule has 0 aliphatic rings. The van der Waals surface area contributed by atoms with Gasteiger partial charge in [-0.2, -0.15) is 0 Å². The molecule has 0 aliphatic heterocycles. The summed E-state index contributed by atoms with van der Waals surface area (Å²) in [5.74, 6) is -0.317. The molecule has 0 fully saturated rings. The van der Waals surface area contributed by atoms with E-state index in [1.165, 1.54) is 0 Å². The van der Waals surface area contributed by atoms with E-state index in [2.05, 4.69) is 15.0 Å². The summed E-state index contributed by atoms with van der Waals surface area (Å²) in [6.07, 6.45) is 1.62. The lowest BCUT2D eigenvalue weighted by Crippen LogP contribution is -2.31. The van der Waals surface area contributed by atoms with Gasteiger partial charge in [0.25, 0.3) is 5.91 Å². The Morgan fingerprint density at radius 2 is 1.68 bits per heavy atom. The fourth-order valence-electron chi connectivity index (χ4n) is 2.94. The molecule has 2 aromatic carbocycles. The van der Waals surface area contributed by atoms with Gasteiger partial charge in [0.05, 0.1) is 5.75 Å². The van der Waals surface area contributed by atoms with E-state index in [0.29, 0.717) is 17.8 Å². The summed E-state index contributed by atoms with van der Waals surface area (Å²) < 4.78 is 26.6. The van der Waals surface area contributed by atoms with Crippen molar-refractivity contribution in [3.8, 4) is 0 Å². The highest BCUT2D eigenvalue weighted by Crippen LogP contribution is 2.16. The van der Waals surface area contributed by atoms with E-state index in [-0.39, 0.29) is 17.7 Å². The van der Waals surface area contributed by atoms with Crippen molar-refractivity contribution in [2.75, 3.05) is 0 Å². The van der Waals surface area contributed by atoms with Crippen LogP contribution in [0.2, 0.25) is 0 Å². The number of benzene rings is 2. The zero-order valence-electron chi connectivity index (χ0n) is 15.8. The highest BCUT2D eigenvalue weighted by Gasteiger charge is 2.13. The molecule has 0 aliphatic carbocycles. The predicted octanol–water partition coefficient (Wildman–Crippen LogP) is 2.99. The van der Waals surface area contributed by atoms with Crippen LogP contribution >= 0.6 is 0 Å². The number of carbonyl (C=O) groups excluding carboxylic acids is 1. The summed E-state index contributed by atoms with van der Waals surface area (Å²) >= 11 is 0. The smallest absolute Gasteiger partial charge is 0.270 e. The molecule has 0 saturated carbocycles. The zero-order chi connectivity index (χ0) is 20.1. The SMILES string of the molecule is CC(C)NS(=O)(=O)Cc1ccc(CNC(=O)c2nccc3ccccc23)cc1. The molecule has 0 radical (unpaired) electrons. The number of amides is 1. The van der Waals surface area contributed by atoms with Gasteiger partial charge in [-0.1, -0.05) is 48.5 Å². The molecule has 0 saturated heterocycles. The van der Waals surface area contributed by atoms with E-state index in [9.17, 15) is 13.2 Å². The van der Waals surface area contributed by atoms with Crippen molar-refractivity contribution in [2.45, 2.75) is 32.2 Å². The lowest BCUT2D eigenvalue weighted by atomic mass is 10.1. The van der Waals surface area contributed by atoms with E-state index in [4.69, 9.17) is 0 Å². The van der Waals surface area contributed by atoms with Gasteiger partial charge in [0, 0.05) is 24.2 Å². The first-order valence-electron chi connectivity index (χ1n) is 9.04. The van der Waals surface area contributed by atoms with Crippen LogP contribution in [-0.2, 0) is 22.3 Å². The molecule has 6 nitrogen and oxygen atoms in total. The van der Waals surface area contributed by atoms with Gasteiger partial charge in [0.1, 0.15) is 5.69 Å². The standard InChI is InChI=1S/C21H23N3O3S/c1-15(2)24-28(26,27)14-17-9-7-16(8-10-17)13-23-21(25)20-19-6-4-3-5-18(19)11-12-22-20/h3-12,15,24H,13-14H2,1-2H3,(H,23,25). The second kappa shape index (κ2) is 8.50. The van der Waals surface area contributed by atoms with Crippen LogP contribution in [0.4, 0.5) is 0 Å². The Labute approximate surface area is 165 Å². The lowest BCUT2D eigenvalue weighted by Gasteiger charge is -2.10. The third-order valence-corrected chi connectivity index (χ3v) is 5.68. The number of carbonyl (C=O) groups is 1. The number of hydrogen-bond acceptors (Lipinski definition) is 4. The van der Waals surface area contributed by atoms with Crippen molar-refractivity contribution in [3.05, 3.63) is 77.6 Å². The molecule has 1 amide bonds. The Hall–Kier alpha value is -2.77. The molecule has 0 atom stereocenters. The molecular weight excluding hydrogens is 374 g/mol. The molecule has 0 spiro atoms. The van der Waals surface area contributed by atoms with Crippen LogP contribution in [0.5, 0.6) is 0 Å². The Bertz CT molecular complexity index is 1070. The molecule has 1 heterocycles. The summed E-state index contributed by atoms with van der Waals surface area (Å²) in [6.45, 7) is 3.91. The summed E-state index contributed by atoms with van der Waals surface area (Å²) in [5, 5.41) is 4.64. The number of nitrogens with zero attached hydrogens (tertiary/aromatic N) is 1. The third kappa shape index (κ3) is 5.15. The first kappa shape index (κ1) is 20.0. The maximum Gasteiger partial charge on any atom is 0.270 e. The minimum absolute atomic E-state index is 0.0717. The maximum absolute atomic E-state index is 12.5. The van der Waals surface area contributed by atoms with E-state index in [0.717, 1.165) is 16.3 Å². The van der Waals surface area contributed by atoms with Crippen LogP contribution < -0.4 is 10.0 Å². The summed E-state index contributed by atoms with van der Waals surface area (Å²) in [6, 6.07) is 16.5. The zero-order valence-corrected chi connectivity index (χ0v) is 16.7. The molecular formula is C21H23N3O3S. The Balaban J connectivity index is 1.64. The van der Waals surface area contributed by atoms with Gasteiger partial charge in [-0.15, -0.1) is 0 Å². The van der Waals surface area contributed by atoms with Crippen LogP contribution in [0.3, 0.4) is 0 Å². The molecule has 2 N–H and O–H groups in total. The first-order chi connectivity index (χ1) is 13.3. The van der Waals surface area contributed by atoms with Crippen molar-refractivity contribution in [1.82, 2.24) is 15.0 Å². The van der Waals surface area contributed by atoms with Gasteiger partial charge in [0.2, 0.25) is 10.0 Å². The number of pyridine rings is 1. The van der Waals surface area contributed by atoms with Gasteiger partial charge >= 0.3 is 0 Å². The summed E-state index contributed by atoms with van der Waals surface area (Å²) in [5.41, 5.74) is 1.96. The Morgan fingerprint density at radius 1 is 1.00 bits per heavy atom. The average Bonchev–Trinajstić information content (AvgIpc) is 2.65. The van der Waals surface area contributed by atoms with E-state index in [1.807, 2.05) is 42.5 Å². The minimum Gasteiger partial charge on any atom is -0.347 e. The van der Waals surface area contributed by atoms with Crippen molar-refractivity contribution in [1.29, 1.82) is 0 Å². The number of fused-ring (bicyclic) bond motifs is 1. The van der Waals surface area contributed by atoms with E-state index >= 15 is 0 Å². The topological polar surface area (TPSA) is 88.2 Å². The third-order valence-electron chi connectivity index (χ3n) is 4.14. The molecule has 7 heteroatoms. The van der Waals surface area contributed by atoms with Gasteiger partial charge in [0.15, 0.2) is 0 Å². The largest absolute Gasteiger partial charge is 0.347 e. The van der Waals surface area contributed by atoms with Crippen LogP contribution in [-0.4, -0.2) is 25.4 Å². The van der Waals surface area contributed by atoms with Gasteiger partial charge in [-0.05, 0) is 36.4 Å². The van der Waals surface area contributed by atoms with Gasteiger partial charge < -0.3 is 5.32 Å². The monoisotopic (exact) mass is 397 g/mol. The molecule has 3 aromatic rings. The number of sulfonamides is 1. The second-order valence-electron chi connectivity index (χ2n) is 6.91. The fraction of sp³-hybridized carbons (Fsp3) is 0.238. The highest BCUT2D eigenvalue weighted by atomic mass is 32.2. The molecule has 3 rings (SSSR count). The predicted molar refractivity (Wildman–Crippen MR) is 110 cm³/mol. The first-order valence-corrected chi connectivity index (χ1v) is 10.7. The summed E-state index contributed by atoms with van der Waals surface area (Å²) in [4.78, 5) is 16.7. The van der Waals surface area contributed by atoms with Crippen molar-refractivity contribution >= 4 is 26.7 Å². The van der Waals surface area contributed by atoms with E-state index in [1.54, 1.807) is 32.2 Å². The molecule has 146 valence electrons. The molecule has 1 aromatic heterocycles. The highest BCUT2D eigenvalue weighted by molar-refractivity contribution is 7.88. The lowest BCUT2D eigenvalue weighted by molar-refractivity contribution is 0.0948. The van der Waals surface area contributed by atoms with Crippen molar-refractivity contribution in [2.24, 2.45) is 0 Å². The molecule has 0 bridgehead atoms. The Morgan fingerprint density at radius 3 is 2.39 bits per heavy atom. The Kier molecular flexibility index (Phi) is 6.06. The van der Waals surface area contributed by atoms with Gasteiger partial charge in [-0.25, -0.2) is 13.1 Å². The summed E-state index contributed by atoms with van der Waals surface area (Å²) in [7, 11) is -3.36. The number of rotatable bonds is 7. The van der Waals surface area contributed by atoms with Crippen molar-refractivity contribution < 1.29 is 13.2 Å². The molecule has 28 heavy (non-hydrogen) atoms. The van der Waals surface area contributed by atoms with E-state index < -0.39 is 10.0 Å². The van der Waals surface area contributed by atoms with Crippen LogP contribution in [0, 0.1) is 0 Å². The number of aromatic nitrogens is 1. The second-order valence-corrected chi connectivity index (χ2v) is 8.67.